The Hall–Kier alpha value is -1.07. The zero-order valence-corrected chi connectivity index (χ0v) is 13.4. The first-order chi connectivity index (χ1) is 9.88. The Morgan fingerprint density at radius 3 is 2.57 bits per heavy atom. The second-order valence-corrected chi connectivity index (χ2v) is 7.18. The zero-order chi connectivity index (χ0) is 15.5. The lowest BCUT2D eigenvalue weighted by atomic mass is 9.90. The lowest BCUT2D eigenvalue weighted by molar-refractivity contribution is -0.125. The number of carbonyl (C=O) groups is 1. The average molecular weight is 296 g/mol. The summed E-state index contributed by atoms with van der Waals surface area (Å²) in [5.74, 6) is -0.194. The van der Waals surface area contributed by atoms with Crippen molar-refractivity contribution in [3.8, 4) is 0 Å². The summed E-state index contributed by atoms with van der Waals surface area (Å²) in [6, 6.07) is 0.294. The van der Waals surface area contributed by atoms with E-state index >= 15 is 0 Å². The molecule has 5 nitrogen and oxygen atoms in total. The molecule has 21 heavy (non-hydrogen) atoms. The van der Waals surface area contributed by atoms with Crippen molar-refractivity contribution < 1.29 is 14.6 Å². The van der Waals surface area contributed by atoms with Crippen LogP contribution in [0.25, 0.3) is 0 Å². The molecular weight excluding hydrogens is 268 g/mol. The van der Waals surface area contributed by atoms with Crippen molar-refractivity contribution in [1.82, 2.24) is 10.6 Å². The standard InChI is InChI=1S/C16H28N2O3/c1-16(2,3)7-4-8-17-12-13(15(20)14(12)19)18-11-5-9-21-10-6-11/h11,15,17-18,20H,4-10H2,1-3H3. The molecule has 1 unspecified atom stereocenters. The molecule has 1 heterocycles. The van der Waals surface area contributed by atoms with E-state index in [0.29, 0.717) is 22.9 Å². The van der Waals surface area contributed by atoms with Crippen LogP contribution in [0.2, 0.25) is 0 Å². The number of aliphatic hydroxyl groups is 1. The topological polar surface area (TPSA) is 70.6 Å². The van der Waals surface area contributed by atoms with Crippen molar-refractivity contribution >= 4 is 5.78 Å². The van der Waals surface area contributed by atoms with E-state index in [2.05, 4.69) is 31.4 Å². The van der Waals surface area contributed by atoms with Crippen LogP contribution in [-0.4, -0.2) is 42.8 Å². The summed E-state index contributed by atoms with van der Waals surface area (Å²) in [6.07, 6.45) is 2.98. The Balaban J connectivity index is 1.84. The summed E-state index contributed by atoms with van der Waals surface area (Å²) in [5, 5.41) is 16.3. The summed E-state index contributed by atoms with van der Waals surface area (Å²) in [4.78, 5) is 11.8. The molecule has 1 aliphatic heterocycles. The second kappa shape index (κ2) is 6.79. The van der Waals surface area contributed by atoms with Crippen LogP contribution in [0, 0.1) is 5.41 Å². The fraction of sp³-hybridized carbons (Fsp3) is 0.812. The van der Waals surface area contributed by atoms with Crippen molar-refractivity contribution in [3.63, 3.8) is 0 Å². The van der Waals surface area contributed by atoms with Crippen molar-refractivity contribution in [2.24, 2.45) is 5.41 Å². The van der Waals surface area contributed by atoms with Gasteiger partial charge in [0.2, 0.25) is 5.78 Å². The van der Waals surface area contributed by atoms with Gasteiger partial charge in [-0.2, -0.15) is 0 Å². The highest BCUT2D eigenvalue weighted by molar-refractivity contribution is 6.07. The van der Waals surface area contributed by atoms with Gasteiger partial charge in [-0.1, -0.05) is 20.8 Å². The largest absolute Gasteiger partial charge is 0.381 e. The Morgan fingerprint density at radius 2 is 1.95 bits per heavy atom. The molecule has 0 saturated carbocycles. The van der Waals surface area contributed by atoms with Crippen molar-refractivity contribution in [3.05, 3.63) is 11.4 Å². The van der Waals surface area contributed by atoms with E-state index in [-0.39, 0.29) is 5.78 Å². The van der Waals surface area contributed by atoms with Crippen LogP contribution >= 0.6 is 0 Å². The van der Waals surface area contributed by atoms with Gasteiger partial charge in [-0.3, -0.25) is 4.79 Å². The second-order valence-electron chi connectivity index (χ2n) is 7.18. The fourth-order valence-electron chi connectivity index (χ4n) is 2.69. The molecule has 1 saturated heterocycles. The van der Waals surface area contributed by atoms with Crippen molar-refractivity contribution in [2.45, 2.75) is 58.6 Å². The quantitative estimate of drug-likeness (QED) is 0.645. The van der Waals surface area contributed by atoms with Crippen LogP contribution in [0.15, 0.2) is 11.4 Å². The lowest BCUT2D eigenvalue weighted by Crippen LogP contribution is -2.51. The molecular formula is C16H28N2O3. The number of ether oxygens (including phenoxy) is 1. The summed E-state index contributed by atoms with van der Waals surface area (Å²) in [5.41, 5.74) is 1.55. The van der Waals surface area contributed by atoms with Crippen LogP contribution in [-0.2, 0) is 9.53 Å². The maximum atomic E-state index is 11.8. The molecule has 0 radical (unpaired) electrons. The van der Waals surface area contributed by atoms with Crippen molar-refractivity contribution in [1.29, 1.82) is 0 Å². The molecule has 1 atom stereocenters. The number of hydrogen-bond acceptors (Lipinski definition) is 5. The minimum absolute atomic E-state index is 0.194. The fourth-order valence-corrected chi connectivity index (χ4v) is 2.69. The Kier molecular flexibility index (Phi) is 5.27. The molecule has 0 aromatic carbocycles. The summed E-state index contributed by atoms with van der Waals surface area (Å²) in [6.45, 7) is 8.88. The van der Waals surface area contributed by atoms with E-state index in [1.807, 2.05) is 0 Å². The predicted octanol–water partition coefficient (Wildman–Crippen LogP) is 1.33. The summed E-state index contributed by atoms with van der Waals surface area (Å²) in [7, 11) is 0. The molecule has 1 fully saturated rings. The molecule has 0 spiro atoms. The van der Waals surface area contributed by atoms with Gasteiger partial charge < -0.3 is 20.5 Å². The Bertz CT molecular complexity index is 406. The molecule has 2 aliphatic rings. The molecule has 0 bridgehead atoms. The van der Waals surface area contributed by atoms with Gasteiger partial charge in [-0.15, -0.1) is 0 Å². The monoisotopic (exact) mass is 296 g/mol. The van der Waals surface area contributed by atoms with Crippen LogP contribution in [0.5, 0.6) is 0 Å². The number of rotatable bonds is 6. The van der Waals surface area contributed by atoms with E-state index < -0.39 is 6.10 Å². The molecule has 0 amide bonds. The maximum Gasteiger partial charge on any atom is 0.215 e. The van der Waals surface area contributed by atoms with Gasteiger partial charge in [0.25, 0.3) is 0 Å². The van der Waals surface area contributed by atoms with Crippen LogP contribution in [0.4, 0.5) is 0 Å². The summed E-state index contributed by atoms with van der Waals surface area (Å²) < 4.78 is 5.32. The van der Waals surface area contributed by atoms with Gasteiger partial charge in [-0.25, -0.2) is 0 Å². The smallest absolute Gasteiger partial charge is 0.215 e. The van der Waals surface area contributed by atoms with E-state index in [4.69, 9.17) is 4.74 Å². The SMILES string of the molecule is CC(C)(C)CCCNC1=C(NC2CCOCC2)C(O)C1=O. The van der Waals surface area contributed by atoms with Gasteiger partial charge >= 0.3 is 0 Å². The minimum atomic E-state index is -0.974. The molecule has 2 rings (SSSR count). The van der Waals surface area contributed by atoms with Crippen LogP contribution < -0.4 is 10.6 Å². The van der Waals surface area contributed by atoms with E-state index in [1.54, 1.807) is 0 Å². The number of aliphatic hydroxyl groups excluding tert-OH is 1. The first-order valence-electron chi connectivity index (χ1n) is 7.93. The normalized spacial score (nSPS) is 24.0. The highest BCUT2D eigenvalue weighted by Crippen LogP contribution is 2.24. The zero-order valence-electron chi connectivity index (χ0n) is 13.4. The third-order valence-electron chi connectivity index (χ3n) is 4.02. The first kappa shape index (κ1) is 16.3. The number of hydrogen-bond donors (Lipinski definition) is 3. The van der Waals surface area contributed by atoms with Gasteiger partial charge in [0.15, 0.2) is 6.10 Å². The predicted molar refractivity (Wildman–Crippen MR) is 81.7 cm³/mol. The van der Waals surface area contributed by atoms with E-state index in [1.165, 1.54) is 0 Å². The van der Waals surface area contributed by atoms with Gasteiger partial charge in [0, 0.05) is 25.8 Å². The Morgan fingerprint density at radius 1 is 1.29 bits per heavy atom. The van der Waals surface area contributed by atoms with E-state index in [0.717, 1.165) is 45.4 Å². The van der Waals surface area contributed by atoms with Crippen LogP contribution in [0.3, 0.4) is 0 Å². The molecule has 0 aromatic heterocycles. The number of nitrogens with one attached hydrogen (secondary N) is 2. The minimum Gasteiger partial charge on any atom is -0.381 e. The van der Waals surface area contributed by atoms with Crippen LogP contribution in [0.1, 0.15) is 46.5 Å². The van der Waals surface area contributed by atoms with Crippen molar-refractivity contribution in [2.75, 3.05) is 19.8 Å². The molecule has 3 N–H and O–H groups in total. The highest BCUT2D eigenvalue weighted by atomic mass is 16.5. The number of ketones is 1. The van der Waals surface area contributed by atoms with E-state index in [9.17, 15) is 9.90 Å². The average Bonchev–Trinajstić information content (AvgIpc) is 2.45. The van der Waals surface area contributed by atoms with Gasteiger partial charge in [0.05, 0.1) is 5.70 Å². The molecule has 5 heteroatoms. The molecule has 120 valence electrons. The third-order valence-corrected chi connectivity index (χ3v) is 4.02. The van der Waals surface area contributed by atoms with Gasteiger partial charge in [-0.05, 0) is 31.1 Å². The Labute approximate surface area is 127 Å². The molecule has 1 aliphatic carbocycles. The number of Topliss-reactive ketones (excluding diaryl/α,β-unsaturated/α-hetero) is 1. The lowest BCUT2D eigenvalue weighted by Gasteiger charge is -2.34. The third kappa shape index (κ3) is 4.45. The first-order valence-corrected chi connectivity index (χ1v) is 7.93. The molecule has 0 aromatic rings. The van der Waals surface area contributed by atoms with Gasteiger partial charge in [0.1, 0.15) is 5.70 Å². The number of carbonyl (C=O) groups excluding carboxylic acids is 1. The highest BCUT2D eigenvalue weighted by Gasteiger charge is 2.39. The maximum absolute atomic E-state index is 11.8. The summed E-state index contributed by atoms with van der Waals surface area (Å²) >= 11 is 0.